The van der Waals surface area contributed by atoms with Crippen LogP contribution in [0.4, 0.5) is 4.39 Å². The lowest BCUT2D eigenvalue weighted by atomic mass is 9.84. The van der Waals surface area contributed by atoms with Crippen LogP contribution in [0.15, 0.2) is 18.2 Å². The zero-order valence-corrected chi connectivity index (χ0v) is 10.6. The van der Waals surface area contributed by atoms with Gasteiger partial charge in [0.25, 0.3) is 0 Å². The molecule has 0 bridgehead atoms. The standard InChI is InChI=1S/C14H17ClFN/c15-13-5-4-12(16)8-10(13)9-14(11-2-3-11)6-1-7-17-14/h4-5,8,11,17H,1-3,6-7,9H2. The van der Waals surface area contributed by atoms with Crippen molar-refractivity contribution in [3.05, 3.63) is 34.6 Å². The number of halogens is 2. The molecule has 1 nitrogen and oxygen atoms in total. The van der Waals surface area contributed by atoms with Gasteiger partial charge in [0, 0.05) is 10.6 Å². The van der Waals surface area contributed by atoms with Crippen molar-refractivity contribution in [1.29, 1.82) is 0 Å². The third kappa shape index (κ3) is 2.21. The number of hydrogen-bond donors (Lipinski definition) is 1. The summed E-state index contributed by atoms with van der Waals surface area (Å²) < 4.78 is 13.3. The summed E-state index contributed by atoms with van der Waals surface area (Å²) in [7, 11) is 0. The fourth-order valence-electron chi connectivity index (χ4n) is 3.13. The van der Waals surface area contributed by atoms with Crippen molar-refractivity contribution in [2.24, 2.45) is 5.92 Å². The summed E-state index contributed by atoms with van der Waals surface area (Å²) in [5.74, 6) is 0.581. The Morgan fingerprint density at radius 3 is 2.88 bits per heavy atom. The second-order valence-electron chi connectivity index (χ2n) is 5.37. The lowest BCUT2D eigenvalue weighted by molar-refractivity contribution is 0.323. The Bertz CT molecular complexity index is 422. The summed E-state index contributed by atoms with van der Waals surface area (Å²) in [6.07, 6.45) is 5.90. The van der Waals surface area contributed by atoms with E-state index in [4.69, 9.17) is 11.6 Å². The lowest BCUT2D eigenvalue weighted by Crippen LogP contribution is -2.44. The van der Waals surface area contributed by atoms with Crippen LogP contribution in [0.3, 0.4) is 0 Å². The first-order valence-electron chi connectivity index (χ1n) is 6.39. The summed E-state index contributed by atoms with van der Waals surface area (Å²) in [5.41, 5.74) is 1.14. The van der Waals surface area contributed by atoms with Gasteiger partial charge in [0.15, 0.2) is 0 Å². The molecule has 1 unspecified atom stereocenters. The molecule has 92 valence electrons. The van der Waals surface area contributed by atoms with Gasteiger partial charge in [-0.1, -0.05) is 11.6 Å². The maximum atomic E-state index is 13.3. The number of rotatable bonds is 3. The molecule has 1 N–H and O–H groups in total. The molecular weight excluding hydrogens is 237 g/mol. The van der Waals surface area contributed by atoms with Crippen LogP contribution in [-0.2, 0) is 6.42 Å². The van der Waals surface area contributed by atoms with Crippen molar-refractivity contribution < 1.29 is 4.39 Å². The van der Waals surface area contributed by atoms with Crippen LogP contribution >= 0.6 is 11.6 Å². The summed E-state index contributed by atoms with van der Waals surface area (Å²) in [6, 6.07) is 4.69. The first kappa shape index (κ1) is 11.5. The fourth-order valence-corrected chi connectivity index (χ4v) is 3.31. The molecule has 1 heterocycles. The molecule has 3 heteroatoms. The number of benzene rings is 1. The largest absolute Gasteiger partial charge is 0.311 e. The maximum absolute atomic E-state index is 13.3. The van der Waals surface area contributed by atoms with Crippen LogP contribution in [-0.4, -0.2) is 12.1 Å². The zero-order chi connectivity index (χ0) is 11.9. The Labute approximate surface area is 106 Å². The molecule has 1 atom stereocenters. The minimum atomic E-state index is -0.187. The van der Waals surface area contributed by atoms with Gasteiger partial charge in [0.05, 0.1) is 0 Å². The van der Waals surface area contributed by atoms with Crippen LogP contribution in [0.5, 0.6) is 0 Å². The monoisotopic (exact) mass is 253 g/mol. The van der Waals surface area contributed by atoms with Crippen molar-refractivity contribution in [2.45, 2.75) is 37.6 Å². The molecule has 1 aliphatic heterocycles. The van der Waals surface area contributed by atoms with Crippen molar-refractivity contribution in [1.82, 2.24) is 5.32 Å². The van der Waals surface area contributed by atoms with E-state index < -0.39 is 0 Å². The second kappa shape index (κ2) is 4.25. The van der Waals surface area contributed by atoms with Crippen LogP contribution < -0.4 is 5.32 Å². The Hall–Kier alpha value is -0.600. The molecule has 17 heavy (non-hydrogen) atoms. The Morgan fingerprint density at radius 2 is 2.24 bits per heavy atom. The van der Waals surface area contributed by atoms with Crippen LogP contribution in [0.1, 0.15) is 31.2 Å². The van der Waals surface area contributed by atoms with Gasteiger partial charge >= 0.3 is 0 Å². The van der Waals surface area contributed by atoms with Gasteiger partial charge in [0.1, 0.15) is 5.82 Å². The Balaban J connectivity index is 1.87. The highest BCUT2D eigenvalue weighted by molar-refractivity contribution is 6.31. The highest BCUT2D eigenvalue weighted by atomic mass is 35.5. The van der Waals surface area contributed by atoms with Crippen LogP contribution in [0.2, 0.25) is 5.02 Å². The van der Waals surface area contributed by atoms with E-state index in [1.807, 2.05) is 0 Å². The van der Waals surface area contributed by atoms with E-state index in [0.29, 0.717) is 5.02 Å². The number of nitrogens with one attached hydrogen (secondary N) is 1. The predicted octanol–water partition coefficient (Wildman–Crippen LogP) is 3.55. The molecule has 1 aromatic carbocycles. The third-order valence-electron chi connectivity index (χ3n) is 4.15. The molecule has 1 aliphatic carbocycles. The van der Waals surface area contributed by atoms with Gasteiger partial charge in [-0.2, -0.15) is 0 Å². The van der Waals surface area contributed by atoms with Gasteiger partial charge < -0.3 is 5.32 Å². The highest BCUT2D eigenvalue weighted by Gasteiger charge is 2.46. The van der Waals surface area contributed by atoms with Crippen molar-refractivity contribution in [2.75, 3.05) is 6.54 Å². The van der Waals surface area contributed by atoms with E-state index in [1.165, 1.54) is 31.7 Å². The van der Waals surface area contributed by atoms with Gasteiger partial charge in [-0.3, -0.25) is 0 Å². The fraction of sp³-hybridized carbons (Fsp3) is 0.571. The van der Waals surface area contributed by atoms with E-state index in [-0.39, 0.29) is 11.4 Å². The Morgan fingerprint density at radius 1 is 1.41 bits per heavy atom. The first-order chi connectivity index (χ1) is 8.20. The van der Waals surface area contributed by atoms with Crippen molar-refractivity contribution >= 4 is 11.6 Å². The predicted molar refractivity (Wildman–Crippen MR) is 67.8 cm³/mol. The van der Waals surface area contributed by atoms with E-state index >= 15 is 0 Å². The molecule has 1 aromatic rings. The molecule has 2 fully saturated rings. The normalized spacial score (nSPS) is 28.6. The summed E-state index contributed by atoms with van der Waals surface area (Å²) in [4.78, 5) is 0. The average molecular weight is 254 g/mol. The highest BCUT2D eigenvalue weighted by Crippen LogP contribution is 2.46. The summed E-state index contributed by atoms with van der Waals surface area (Å²) in [6.45, 7) is 1.09. The summed E-state index contributed by atoms with van der Waals surface area (Å²) in [5, 5.41) is 4.34. The van der Waals surface area contributed by atoms with E-state index in [1.54, 1.807) is 12.1 Å². The molecule has 1 saturated heterocycles. The molecule has 0 spiro atoms. The van der Waals surface area contributed by atoms with Gasteiger partial charge in [-0.15, -0.1) is 0 Å². The Kier molecular flexibility index (Phi) is 2.87. The van der Waals surface area contributed by atoms with Crippen molar-refractivity contribution in [3.8, 4) is 0 Å². The second-order valence-corrected chi connectivity index (χ2v) is 5.78. The van der Waals surface area contributed by atoms with E-state index in [0.717, 1.165) is 24.4 Å². The van der Waals surface area contributed by atoms with Crippen LogP contribution in [0, 0.1) is 11.7 Å². The quantitative estimate of drug-likeness (QED) is 0.869. The maximum Gasteiger partial charge on any atom is 0.123 e. The molecule has 0 aromatic heterocycles. The van der Waals surface area contributed by atoms with Crippen LogP contribution in [0.25, 0.3) is 0 Å². The molecular formula is C14H17ClFN. The topological polar surface area (TPSA) is 12.0 Å². The third-order valence-corrected chi connectivity index (χ3v) is 4.52. The minimum absolute atomic E-state index is 0.187. The number of hydrogen-bond acceptors (Lipinski definition) is 1. The molecule has 0 radical (unpaired) electrons. The molecule has 0 amide bonds. The molecule has 3 rings (SSSR count). The van der Waals surface area contributed by atoms with E-state index in [2.05, 4.69) is 5.32 Å². The van der Waals surface area contributed by atoms with Crippen molar-refractivity contribution in [3.63, 3.8) is 0 Å². The SMILES string of the molecule is Fc1ccc(Cl)c(CC2(C3CC3)CCCN2)c1. The average Bonchev–Trinajstić information content (AvgIpc) is 3.07. The van der Waals surface area contributed by atoms with Gasteiger partial charge in [0.2, 0.25) is 0 Å². The summed E-state index contributed by atoms with van der Waals surface area (Å²) >= 11 is 6.17. The molecule has 2 aliphatic rings. The smallest absolute Gasteiger partial charge is 0.123 e. The van der Waals surface area contributed by atoms with E-state index in [9.17, 15) is 4.39 Å². The zero-order valence-electron chi connectivity index (χ0n) is 9.81. The molecule has 1 saturated carbocycles. The van der Waals surface area contributed by atoms with Gasteiger partial charge in [-0.05, 0) is 68.3 Å². The lowest BCUT2D eigenvalue weighted by Gasteiger charge is -2.30. The minimum Gasteiger partial charge on any atom is -0.311 e. The first-order valence-corrected chi connectivity index (χ1v) is 6.76. The van der Waals surface area contributed by atoms with Gasteiger partial charge in [-0.25, -0.2) is 4.39 Å².